The molecule has 0 heterocycles. The molecule has 0 aliphatic rings. The van der Waals surface area contributed by atoms with Crippen molar-refractivity contribution in [2.45, 2.75) is 196 Å². The highest BCUT2D eigenvalue weighted by Crippen LogP contribution is 2.59. The van der Waals surface area contributed by atoms with Crippen LogP contribution >= 0.6 is 39.7 Å². The van der Waals surface area contributed by atoms with Crippen molar-refractivity contribution in [2.75, 3.05) is 0 Å². The fraction of sp³-hybridized carbons (Fsp3) is 0.547. The van der Waals surface area contributed by atoms with E-state index in [0.717, 1.165) is 49.1 Å². The number of hydrogen-bond donors (Lipinski definition) is 0. The molecule has 4 rings (SSSR count). The lowest BCUT2D eigenvalue weighted by atomic mass is 10.3. The zero-order valence-corrected chi connectivity index (χ0v) is 46.4. The molecule has 0 unspecified atom stereocenters. The number of hydrogen-bond acceptors (Lipinski definition) is 3. The molecule has 0 saturated carbocycles. The predicted molar refractivity (Wildman–Crippen MR) is 288 cm³/mol. The van der Waals surface area contributed by atoms with Gasteiger partial charge in [0.2, 0.25) is 0 Å². The van der Waals surface area contributed by atoms with Crippen LogP contribution in [0.15, 0.2) is 107 Å². The molecular weight excluding hydrogens is 947 g/mol. The maximum Gasteiger partial charge on any atom is 0.446 e. The molecule has 0 aliphatic heterocycles. The Morgan fingerprint density at radius 1 is 0.439 bits per heavy atom. The fourth-order valence-electron chi connectivity index (χ4n) is 9.59. The van der Waals surface area contributed by atoms with Crippen LogP contribution in [0.1, 0.15) is 132 Å². The van der Waals surface area contributed by atoms with E-state index in [2.05, 4.69) is 108 Å². The standard InChI is InChI=1S/C53H77F6NP2S2Si2/c1-9-15-37-65(38-16-10-2,39-17-11-3)46-33-29-44(30-34-46)61(45-31-35-47(36-32-45)66(40-18-12-4,41-19-13-5)42-20-14-6)60(43(7)8)62(48-25-21-23-27-50(48)63-52(54,55)56)49-26-22-24-28-51(49)64-53(57,58)59/h21-36,43H,9-20,37-42H2,1-8H3. The number of alkyl halides is 6. The smallest absolute Gasteiger partial charge is 0.242 e. The molecule has 4 aromatic carbocycles. The molecule has 0 atom stereocenters. The quantitative estimate of drug-likeness (QED) is 0.0231. The van der Waals surface area contributed by atoms with Gasteiger partial charge in [-0.2, -0.15) is 26.3 Å². The second kappa shape index (κ2) is 27.7. The van der Waals surface area contributed by atoms with Gasteiger partial charge in [0, 0.05) is 42.6 Å². The Morgan fingerprint density at radius 3 is 0.985 bits per heavy atom. The first-order valence-electron chi connectivity index (χ1n) is 24.8. The largest absolute Gasteiger partial charge is 0.446 e. The summed E-state index contributed by atoms with van der Waals surface area (Å²) in [6.45, 7) is 17.8. The molecule has 0 bridgehead atoms. The lowest BCUT2D eigenvalue weighted by molar-refractivity contribution is -0.0336. The Kier molecular flexibility index (Phi) is 23.9. The summed E-state index contributed by atoms with van der Waals surface area (Å²) in [6, 6.07) is 39.0. The molecule has 0 amide bonds. The lowest BCUT2D eigenvalue weighted by Crippen LogP contribution is -2.48. The van der Waals surface area contributed by atoms with E-state index >= 15 is 0 Å². The van der Waals surface area contributed by atoms with E-state index in [1.54, 1.807) is 36.4 Å². The topological polar surface area (TPSA) is 3.24 Å². The maximum absolute atomic E-state index is 14.5. The Bertz CT molecular complexity index is 1820. The number of benzene rings is 4. The van der Waals surface area contributed by atoms with Crippen molar-refractivity contribution >= 4 is 87.4 Å². The Labute approximate surface area is 408 Å². The van der Waals surface area contributed by atoms with Gasteiger partial charge in [0.15, 0.2) is 0 Å². The highest BCUT2D eigenvalue weighted by atomic mass is 32.2. The van der Waals surface area contributed by atoms with E-state index in [4.69, 9.17) is 0 Å². The summed E-state index contributed by atoms with van der Waals surface area (Å²) in [7, 11) is -7.21. The molecule has 66 heavy (non-hydrogen) atoms. The number of halogens is 6. The second-order valence-electron chi connectivity index (χ2n) is 18.3. The van der Waals surface area contributed by atoms with E-state index in [1.165, 1.54) is 97.3 Å². The van der Waals surface area contributed by atoms with Gasteiger partial charge < -0.3 is 0 Å². The monoisotopic (exact) mass is 1020 g/mol. The first-order valence-corrected chi connectivity index (χ1v) is 34.3. The van der Waals surface area contributed by atoms with Crippen molar-refractivity contribution in [3.8, 4) is 0 Å². The van der Waals surface area contributed by atoms with Gasteiger partial charge in [-0.25, -0.2) is 4.44 Å². The third-order valence-electron chi connectivity index (χ3n) is 13.0. The van der Waals surface area contributed by atoms with Gasteiger partial charge in [-0.15, -0.1) is 0 Å². The number of rotatable bonds is 29. The summed E-state index contributed by atoms with van der Waals surface area (Å²) < 4.78 is 89.2. The van der Waals surface area contributed by atoms with Crippen molar-refractivity contribution in [1.82, 2.24) is 4.44 Å². The first kappa shape index (κ1) is 57.0. The molecule has 0 aliphatic carbocycles. The molecule has 0 aromatic heterocycles. The van der Waals surface area contributed by atoms with Crippen molar-refractivity contribution in [3.63, 3.8) is 0 Å². The van der Waals surface area contributed by atoms with Gasteiger partial charge >= 0.3 is 11.0 Å². The van der Waals surface area contributed by atoms with Gasteiger partial charge in [-0.1, -0.05) is 250 Å². The van der Waals surface area contributed by atoms with Gasteiger partial charge in [-0.05, 0) is 60.1 Å². The van der Waals surface area contributed by atoms with Gasteiger partial charge in [-0.3, -0.25) is 0 Å². The van der Waals surface area contributed by atoms with Crippen molar-refractivity contribution < 1.29 is 26.3 Å². The molecule has 0 spiro atoms. The molecule has 13 heteroatoms. The van der Waals surface area contributed by atoms with E-state index in [-0.39, 0.29) is 39.4 Å². The van der Waals surface area contributed by atoms with Crippen LogP contribution in [0.4, 0.5) is 26.3 Å². The minimum atomic E-state index is -4.59. The van der Waals surface area contributed by atoms with Crippen molar-refractivity contribution in [3.05, 3.63) is 97.1 Å². The maximum atomic E-state index is 14.5. The number of unbranched alkanes of at least 4 members (excludes halogenated alkanes) is 6. The predicted octanol–water partition coefficient (Wildman–Crippen LogP) is 17.1. The SMILES string of the molecule is CCCC[Si](CCCC)(CCCC)c1ccc(P(c2ccc([Si](CCCC)(CCCC)CCCC)cc2)N(C(C)C)P(c2ccccc2SC(F)(F)F)c2ccccc2SC(F)(F)F)cc1. The van der Waals surface area contributed by atoms with Crippen LogP contribution in [0, 0.1) is 0 Å². The summed E-state index contributed by atoms with van der Waals surface area (Å²) in [4.78, 5) is 0.0395. The van der Waals surface area contributed by atoms with Gasteiger partial charge in [0.25, 0.3) is 0 Å². The summed E-state index contributed by atoms with van der Waals surface area (Å²) in [6.07, 6.45) is 14.1. The highest BCUT2D eigenvalue weighted by Gasteiger charge is 2.41. The molecule has 0 radical (unpaired) electrons. The van der Waals surface area contributed by atoms with Crippen molar-refractivity contribution in [2.24, 2.45) is 0 Å². The summed E-state index contributed by atoms with van der Waals surface area (Å²) in [5.41, 5.74) is -9.19. The van der Waals surface area contributed by atoms with Crippen LogP contribution in [0.2, 0.25) is 36.3 Å². The van der Waals surface area contributed by atoms with Crippen LogP contribution in [0.3, 0.4) is 0 Å². The first-order chi connectivity index (χ1) is 31.5. The summed E-state index contributed by atoms with van der Waals surface area (Å²) >= 11 is -0.347. The number of thioether (sulfide) groups is 2. The molecule has 0 fully saturated rings. The van der Waals surface area contributed by atoms with Crippen LogP contribution in [0.5, 0.6) is 0 Å². The van der Waals surface area contributed by atoms with E-state index in [9.17, 15) is 26.3 Å². The van der Waals surface area contributed by atoms with Crippen LogP contribution < -0.4 is 31.6 Å². The third-order valence-corrected chi connectivity index (χ3v) is 32.0. The molecular formula is C53H77F6NP2S2Si2. The van der Waals surface area contributed by atoms with E-state index in [1.807, 2.05) is 0 Å². The average Bonchev–Trinajstić information content (AvgIpc) is 3.29. The lowest BCUT2D eigenvalue weighted by Gasteiger charge is -2.43. The van der Waals surface area contributed by atoms with Gasteiger partial charge in [0.1, 0.15) is 0 Å². The Hall–Kier alpha value is -1.59. The molecule has 1 nitrogen and oxygen atoms in total. The molecule has 0 N–H and O–H groups in total. The fourth-order valence-corrected chi connectivity index (χ4v) is 28.9. The van der Waals surface area contributed by atoms with Crippen molar-refractivity contribution in [1.29, 1.82) is 0 Å². The van der Waals surface area contributed by atoms with Gasteiger partial charge in [0.05, 0.1) is 16.1 Å². The normalized spacial score (nSPS) is 12.9. The summed E-state index contributed by atoms with van der Waals surface area (Å²) in [5.74, 6) is 0. The minimum Gasteiger partial charge on any atom is -0.242 e. The summed E-state index contributed by atoms with van der Waals surface area (Å²) in [5, 5.41) is 5.91. The van der Waals surface area contributed by atoms with Crippen LogP contribution in [-0.2, 0) is 0 Å². The van der Waals surface area contributed by atoms with Crippen LogP contribution in [-0.4, -0.2) is 37.6 Å². The molecule has 4 aromatic rings. The Morgan fingerprint density at radius 2 is 0.727 bits per heavy atom. The zero-order valence-electron chi connectivity index (χ0n) is 41.0. The molecule has 0 saturated heterocycles. The Balaban J connectivity index is 2.11. The molecule has 366 valence electrons. The number of nitrogens with zero attached hydrogens (tertiary/aromatic N) is 1. The van der Waals surface area contributed by atoms with Crippen LogP contribution in [0.25, 0.3) is 0 Å². The second-order valence-corrected chi connectivity index (χ2v) is 34.3. The minimum absolute atomic E-state index is 0.0198. The average molecular weight is 1020 g/mol. The van der Waals surface area contributed by atoms with E-state index < -0.39 is 43.3 Å². The highest BCUT2D eigenvalue weighted by molar-refractivity contribution is 8.01. The van der Waals surface area contributed by atoms with E-state index in [0.29, 0.717) is 10.6 Å². The zero-order chi connectivity index (χ0) is 48.4. The third kappa shape index (κ3) is 16.2.